The molecule has 2 heterocycles. The topological polar surface area (TPSA) is 103 Å². The molecule has 0 atom stereocenters. The highest BCUT2D eigenvalue weighted by molar-refractivity contribution is 5.99. The lowest BCUT2D eigenvalue weighted by Crippen LogP contribution is -2.50. The number of amides is 1. The number of carbonyl (C=O) groups excluding carboxylic acids is 1. The van der Waals surface area contributed by atoms with Crippen LogP contribution in [0.1, 0.15) is 77.0 Å². The van der Waals surface area contributed by atoms with E-state index in [-0.39, 0.29) is 28.8 Å². The third kappa shape index (κ3) is 6.85. The molecule has 0 saturated heterocycles. The van der Waals surface area contributed by atoms with Crippen molar-refractivity contribution in [1.29, 1.82) is 0 Å². The zero-order valence-corrected chi connectivity index (χ0v) is 23.3. The lowest BCUT2D eigenvalue weighted by Gasteiger charge is -2.36. The third-order valence-electron chi connectivity index (χ3n) is 7.19. The first-order valence-corrected chi connectivity index (χ1v) is 13.3. The quantitative estimate of drug-likeness (QED) is 0.494. The predicted molar refractivity (Wildman–Crippen MR) is 150 cm³/mol. The van der Waals surface area contributed by atoms with Gasteiger partial charge in [0, 0.05) is 11.3 Å². The monoisotopic (exact) mass is 524 g/mol. The number of hydrogen-bond donors (Lipinski definition) is 2. The van der Waals surface area contributed by atoms with Gasteiger partial charge in [-0.1, -0.05) is 20.4 Å². The minimum atomic E-state index is -0.381. The number of rotatable bonds is 7. The first-order chi connectivity index (χ1) is 17.9. The number of nitrogens with two attached hydrogens (primary N) is 2. The van der Waals surface area contributed by atoms with Crippen molar-refractivity contribution < 1.29 is 18.7 Å². The average Bonchev–Trinajstić information content (AvgIpc) is 2.87. The van der Waals surface area contributed by atoms with E-state index in [1.54, 1.807) is 12.1 Å². The number of ether oxygens (including phenoxy) is 2. The van der Waals surface area contributed by atoms with Gasteiger partial charge < -0.3 is 20.9 Å². The summed E-state index contributed by atoms with van der Waals surface area (Å²) in [6.45, 7) is 14.7. The van der Waals surface area contributed by atoms with Crippen LogP contribution in [-0.2, 0) is 17.8 Å². The van der Waals surface area contributed by atoms with Crippen LogP contribution in [0.5, 0.6) is 11.5 Å². The Kier molecular flexibility index (Phi) is 9.07. The maximum absolute atomic E-state index is 12.8. The van der Waals surface area contributed by atoms with E-state index < -0.39 is 0 Å². The van der Waals surface area contributed by atoms with E-state index in [1.807, 2.05) is 39.0 Å². The van der Waals surface area contributed by atoms with E-state index in [2.05, 4.69) is 25.4 Å². The van der Waals surface area contributed by atoms with Crippen molar-refractivity contribution in [3.05, 3.63) is 65.5 Å². The van der Waals surface area contributed by atoms with Gasteiger partial charge in [0.15, 0.2) is 5.96 Å². The second-order valence-electron chi connectivity index (χ2n) is 10.5. The average molecular weight is 525 g/mol. The van der Waals surface area contributed by atoms with E-state index in [9.17, 15) is 9.18 Å². The summed E-state index contributed by atoms with van der Waals surface area (Å²) in [4.78, 5) is 18.9. The number of nitrogens with zero attached hydrogens (tertiary/aromatic N) is 2. The molecule has 206 valence electrons. The number of hydrogen-bond acceptors (Lipinski definition) is 6. The number of fused-ring (bicyclic) bond motifs is 1. The largest absolute Gasteiger partial charge is 0.494 e. The fourth-order valence-electron chi connectivity index (χ4n) is 4.67. The maximum Gasteiger partial charge on any atom is 0.232 e. The summed E-state index contributed by atoms with van der Waals surface area (Å²) in [5.74, 6) is 1.60. The molecule has 2 aliphatic heterocycles. The van der Waals surface area contributed by atoms with Crippen LogP contribution in [-0.4, -0.2) is 34.5 Å². The first-order valence-electron chi connectivity index (χ1n) is 13.3. The molecule has 0 aromatic heterocycles. The molecule has 0 aliphatic carbocycles. The number of halogens is 1. The van der Waals surface area contributed by atoms with Crippen LogP contribution in [0, 0.1) is 5.82 Å². The normalized spacial score (nSPS) is 17.4. The third-order valence-corrected chi connectivity index (χ3v) is 7.19. The van der Waals surface area contributed by atoms with E-state index in [0.717, 1.165) is 48.1 Å². The zero-order valence-electron chi connectivity index (χ0n) is 23.3. The number of guanidine groups is 1. The summed E-state index contributed by atoms with van der Waals surface area (Å²) in [6, 6.07) is 10.3. The molecule has 8 heteroatoms. The molecule has 0 unspecified atom stereocenters. The van der Waals surface area contributed by atoms with Crippen molar-refractivity contribution in [1.82, 2.24) is 4.90 Å². The van der Waals surface area contributed by atoms with Crippen molar-refractivity contribution in [2.45, 2.75) is 84.4 Å². The van der Waals surface area contributed by atoms with Gasteiger partial charge in [0.1, 0.15) is 22.9 Å². The molecule has 2 aromatic carbocycles. The van der Waals surface area contributed by atoms with Crippen LogP contribution in [0.3, 0.4) is 0 Å². The Morgan fingerprint density at radius 2 is 1.89 bits per heavy atom. The molecule has 2 aromatic rings. The molecular weight excluding hydrogens is 483 g/mol. The summed E-state index contributed by atoms with van der Waals surface area (Å²) < 4.78 is 24.2. The summed E-state index contributed by atoms with van der Waals surface area (Å²) in [6.07, 6.45) is 3.80. The molecule has 7 nitrogen and oxygen atoms in total. The lowest BCUT2D eigenvalue weighted by molar-refractivity contribution is -0.130. The second-order valence-corrected chi connectivity index (χ2v) is 10.5. The van der Waals surface area contributed by atoms with E-state index >= 15 is 0 Å². The van der Waals surface area contributed by atoms with Crippen LogP contribution in [0.25, 0.3) is 5.70 Å². The van der Waals surface area contributed by atoms with Gasteiger partial charge in [-0.15, -0.1) is 0 Å². The highest BCUT2D eigenvalue weighted by Gasteiger charge is 2.37. The molecule has 2 aliphatic rings. The SMILES string of the molecule is C=C(N)c1ccc(OCC)c(CN2C(=O)CC(CC)(CC)N=C2N)c1.CC1(C)CCc2cc(F)ccc2O1. The highest BCUT2D eigenvalue weighted by Crippen LogP contribution is 2.33. The van der Waals surface area contributed by atoms with Crippen molar-refractivity contribution >= 4 is 17.6 Å². The summed E-state index contributed by atoms with van der Waals surface area (Å²) in [5.41, 5.74) is 14.5. The standard InChI is InChI=1S/C19H28N4O2.C11H13FO/c1-5-19(6-2)11-17(24)23(18(21)22-19)12-15-10-14(13(4)20)8-9-16(15)25-7-3;1-11(2)6-5-8-7-9(12)3-4-10(8)13-11/h8-10H,4-7,11-12,20H2,1-3H3,(H2,21,22);3-4,7H,5-6H2,1-2H3. The summed E-state index contributed by atoms with van der Waals surface area (Å²) >= 11 is 0. The Balaban J connectivity index is 0.000000256. The first kappa shape index (κ1) is 29.0. The number of aryl methyl sites for hydroxylation is 1. The van der Waals surface area contributed by atoms with Gasteiger partial charge >= 0.3 is 0 Å². The fourth-order valence-corrected chi connectivity index (χ4v) is 4.67. The van der Waals surface area contributed by atoms with Crippen molar-refractivity contribution in [3.63, 3.8) is 0 Å². The Morgan fingerprint density at radius 1 is 1.18 bits per heavy atom. The van der Waals surface area contributed by atoms with Gasteiger partial charge in [0.2, 0.25) is 5.91 Å². The van der Waals surface area contributed by atoms with E-state index in [4.69, 9.17) is 20.9 Å². The Labute approximate surface area is 225 Å². The van der Waals surface area contributed by atoms with Gasteiger partial charge in [-0.3, -0.25) is 9.69 Å². The number of aliphatic imine (C=N–C) groups is 1. The van der Waals surface area contributed by atoms with Crippen LogP contribution in [0.2, 0.25) is 0 Å². The molecular formula is C30H41FN4O3. The zero-order chi connectivity index (χ0) is 28.1. The molecule has 0 radical (unpaired) electrons. The van der Waals surface area contributed by atoms with Crippen molar-refractivity contribution in [2.75, 3.05) is 6.61 Å². The Morgan fingerprint density at radius 3 is 2.50 bits per heavy atom. The molecule has 4 N–H and O–H groups in total. The van der Waals surface area contributed by atoms with E-state index in [1.165, 1.54) is 11.0 Å². The van der Waals surface area contributed by atoms with Gasteiger partial charge in [0.05, 0.1) is 25.1 Å². The summed E-state index contributed by atoms with van der Waals surface area (Å²) in [7, 11) is 0. The molecule has 0 saturated carbocycles. The van der Waals surface area contributed by atoms with Crippen LogP contribution < -0.4 is 20.9 Å². The van der Waals surface area contributed by atoms with Gasteiger partial charge in [-0.25, -0.2) is 9.38 Å². The number of benzene rings is 2. The molecule has 1 amide bonds. The molecule has 4 rings (SSSR count). The van der Waals surface area contributed by atoms with Gasteiger partial charge in [-0.05, 0) is 94.0 Å². The Bertz CT molecular complexity index is 1200. The minimum Gasteiger partial charge on any atom is -0.494 e. The molecule has 38 heavy (non-hydrogen) atoms. The number of carbonyl (C=O) groups is 1. The molecule has 0 fully saturated rings. The van der Waals surface area contributed by atoms with Gasteiger partial charge in [-0.2, -0.15) is 0 Å². The van der Waals surface area contributed by atoms with Crippen molar-refractivity contribution in [2.24, 2.45) is 16.5 Å². The maximum atomic E-state index is 12.8. The highest BCUT2D eigenvalue weighted by atomic mass is 19.1. The molecule has 0 spiro atoms. The van der Waals surface area contributed by atoms with Crippen molar-refractivity contribution in [3.8, 4) is 11.5 Å². The predicted octanol–water partition coefficient (Wildman–Crippen LogP) is 5.55. The lowest BCUT2D eigenvalue weighted by atomic mass is 9.88. The van der Waals surface area contributed by atoms with Gasteiger partial charge in [0.25, 0.3) is 0 Å². The van der Waals surface area contributed by atoms with E-state index in [0.29, 0.717) is 31.0 Å². The molecule has 0 bridgehead atoms. The van der Waals surface area contributed by atoms with Crippen LogP contribution in [0.15, 0.2) is 48.0 Å². The second kappa shape index (κ2) is 11.9. The van der Waals surface area contributed by atoms with Crippen LogP contribution in [0.4, 0.5) is 4.39 Å². The minimum absolute atomic E-state index is 0.0179. The fraction of sp³-hybridized carbons (Fsp3) is 0.467. The van der Waals surface area contributed by atoms with Crippen LogP contribution >= 0.6 is 0 Å². The summed E-state index contributed by atoms with van der Waals surface area (Å²) in [5, 5.41) is 0. The smallest absolute Gasteiger partial charge is 0.232 e. The Hall–Kier alpha value is -3.55.